The normalized spacial score (nSPS) is 11.5. The number of carbonyl (C=O) groups excluding carboxylic acids is 2. The Labute approximate surface area is 212 Å². The molecule has 0 atom stereocenters. The summed E-state index contributed by atoms with van der Waals surface area (Å²) in [6.45, 7) is 19.1. The molecule has 0 saturated heterocycles. The summed E-state index contributed by atoms with van der Waals surface area (Å²) in [4.78, 5) is 32.2. The predicted octanol–water partition coefficient (Wildman–Crippen LogP) is 5.20. The molecule has 0 aliphatic carbocycles. The summed E-state index contributed by atoms with van der Waals surface area (Å²) in [5, 5.41) is 1.33. The molecule has 7 heteroatoms. The van der Waals surface area contributed by atoms with Gasteiger partial charge in [-0.2, -0.15) is 0 Å². The van der Waals surface area contributed by atoms with Gasteiger partial charge in [-0.25, -0.2) is 0 Å². The lowest BCUT2D eigenvalue weighted by atomic mass is 10.3. The van der Waals surface area contributed by atoms with Crippen molar-refractivity contribution in [2.24, 2.45) is 0 Å². The van der Waals surface area contributed by atoms with Gasteiger partial charge in [-0.05, 0) is 90.0 Å². The van der Waals surface area contributed by atoms with Crippen molar-refractivity contribution in [3.05, 3.63) is 48.5 Å². The zero-order valence-electron chi connectivity index (χ0n) is 22.6. The van der Waals surface area contributed by atoms with Crippen LogP contribution >= 0.6 is 0 Å². The second-order valence-electron chi connectivity index (χ2n) is 9.10. The van der Waals surface area contributed by atoms with Crippen LogP contribution in [0.4, 0.5) is 21.0 Å². The molecule has 0 amide bonds. The summed E-state index contributed by atoms with van der Waals surface area (Å²) in [5.74, 6) is 0. The van der Waals surface area contributed by atoms with E-state index in [4.69, 9.17) is 9.47 Å². The maximum Gasteiger partial charge on any atom is 0.370 e. The molecule has 192 valence electrons. The standard InChI is InChI=1S/C28H42N2O4Si/c1-9-29(10-2)23-13-17-25(18-14-23)35(27(31)33-21(5)6,28(32)34-22(7)8)26-19-15-24(16-20-26)30(11-3)12-4/h13-22H,9-12H2,1-8H3. The van der Waals surface area contributed by atoms with Gasteiger partial charge in [0.15, 0.2) is 0 Å². The number of anilines is 2. The fourth-order valence-electron chi connectivity index (χ4n) is 4.35. The van der Waals surface area contributed by atoms with Gasteiger partial charge >= 0.3 is 8.07 Å². The monoisotopic (exact) mass is 498 g/mol. The van der Waals surface area contributed by atoms with E-state index in [1.54, 1.807) is 27.7 Å². The molecule has 2 aromatic carbocycles. The van der Waals surface area contributed by atoms with Crippen molar-refractivity contribution in [2.45, 2.75) is 67.6 Å². The summed E-state index contributed by atoms with van der Waals surface area (Å²) < 4.78 is 11.5. The second-order valence-corrected chi connectivity index (χ2v) is 12.6. The molecule has 6 nitrogen and oxygen atoms in total. The van der Waals surface area contributed by atoms with E-state index >= 15 is 0 Å². The van der Waals surface area contributed by atoms with Gasteiger partial charge in [0, 0.05) is 37.6 Å². The van der Waals surface area contributed by atoms with Crippen LogP contribution in [-0.4, -0.2) is 57.6 Å². The molecule has 0 spiro atoms. The van der Waals surface area contributed by atoms with Crippen LogP contribution in [0.25, 0.3) is 0 Å². The van der Waals surface area contributed by atoms with Crippen LogP contribution in [0.3, 0.4) is 0 Å². The minimum atomic E-state index is -3.80. The van der Waals surface area contributed by atoms with E-state index in [-0.39, 0.29) is 12.2 Å². The molecule has 35 heavy (non-hydrogen) atoms. The van der Waals surface area contributed by atoms with Gasteiger partial charge in [0.05, 0.1) is 12.2 Å². The molecule has 0 heterocycles. The molecule has 0 aliphatic heterocycles. The molecule has 2 aromatic rings. The zero-order valence-corrected chi connectivity index (χ0v) is 23.6. The first-order chi connectivity index (χ1) is 16.6. The van der Waals surface area contributed by atoms with Gasteiger partial charge in [0.25, 0.3) is 11.2 Å². The van der Waals surface area contributed by atoms with Crippen molar-refractivity contribution >= 4 is 41.0 Å². The van der Waals surface area contributed by atoms with Crippen molar-refractivity contribution in [1.82, 2.24) is 0 Å². The van der Waals surface area contributed by atoms with Crippen LogP contribution in [0.1, 0.15) is 55.4 Å². The molecular weight excluding hydrogens is 456 g/mol. The minimum absolute atomic E-state index is 0.355. The summed E-state index contributed by atoms with van der Waals surface area (Å²) in [6, 6.07) is 15.6. The van der Waals surface area contributed by atoms with Gasteiger partial charge in [-0.3, -0.25) is 9.59 Å². The van der Waals surface area contributed by atoms with Crippen LogP contribution in [0, 0.1) is 0 Å². The van der Waals surface area contributed by atoms with Gasteiger partial charge in [-0.1, -0.05) is 24.3 Å². The molecule has 0 unspecified atom stereocenters. The number of hydrogen-bond donors (Lipinski definition) is 0. The Kier molecular flexibility index (Phi) is 10.4. The highest BCUT2D eigenvalue weighted by atomic mass is 28.3. The maximum absolute atomic E-state index is 13.9. The highest BCUT2D eigenvalue weighted by Crippen LogP contribution is 2.21. The lowest BCUT2D eigenvalue weighted by molar-refractivity contribution is 0.130. The van der Waals surface area contributed by atoms with Crippen molar-refractivity contribution in [3.8, 4) is 0 Å². The Morgan fingerprint density at radius 1 is 0.629 bits per heavy atom. The Morgan fingerprint density at radius 2 is 0.914 bits per heavy atom. The SMILES string of the molecule is CCN(CC)c1ccc([Si](C(=O)OC(C)C)(C(=O)OC(C)C)c2ccc(N(CC)CC)cc2)cc1. The first-order valence-corrected chi connectivity index (χ1v) is 14.8. The van der Waals surface area contributed by atoms with Gasteiger partial charge < -0.3 is 19.3 Å². The number of hydrogen-bond acceptors (Lipinski definition) is 6. The first kappa shape index (κ1) is 28.4. The number of ether oxygens (including phenoxy) is 2. The van der Waals surface area contributed by atoms with Crippen LogP contribution in [0.2, 0.25) is 0 Å². The molecule has 0 fully saturated rings. The van der Waals surface area contributed by atoms with E-state index in [9.17, 15) is 9.59 Å². The maximum atomic E-state index is 13.9. The van der Waals surface area contributed by atoms with Crippen molar-refractivity contribution < 1.29 is 19.1 Å². The number of nitrogens with zero attached hydrogens (tertiary/aromatic N) is 2. The Morgan fingerprint density at radius 3 is 1.14 bits per heavy atom. The number of benzene rings is 2. The quantitative estimate of drug-likeness (QED) is 0.375. The second kappa shape index (κ2) is 12.8. The summed E-state index contributed by atoms with van der Waals surface area (Å²) in [7, 11) is -3.80. The van der Waals surface area contributed by atoms with E-state index in [1.807, 2.05) is 48.5 Å². The molecule has 0 saturated carbocycles. The summed E-state index contributed by atoms with van der Waals surface area (Å²) in [6.07, 6.45) is -0.711. The average molecular weight is 499 g/mol. The third kappa shape index (κ3) is 6.26. The number of carbonyl (C=O) groups is 2. The Hall–Kier alpha value is -2.80. The highest BCUT2D eigenvalue weighted by Gasteiger charge is 2.57. The van der Waals surface area contributed by atoms with Crippen molar-refractivity contribution in [1.29, 1.82) is 0 Å². The average Bonchev–Trinajstić information content (AvgIpc) is 2.82. The van der Waals surface area contributed by atoms with E-state index < -0.39 is 19.3 Å². The van der Waals surface area contributed by atoms with E-state index in [1.165, 1.54) is 0 Å². The predicted molar refractivity (Wildman–Crippen MR) is 148 cm³/mol. The molecule has 0 aromatic heterocycles. The summed E-state index contributed by atoms with van der Waals surface area (Å²) >= 11 is 0. The van der Waals surface area contributed by atoms with Crippen LogP contribution in [-0.2, 0) is 9.47 Å². The molecule has 0 aliphatic rings. The van der Waals surface area contributed by atoms with E-state index in [0.29, 0.717) is 10.4 Å². The Bertz CT molecular complexity index is 870. The van der Waals surface area contributed by atoms with Gasteiger partial charge in [0.2, 0.25) is 0 Å². The van der Waals surface area contributed by atoms with Gasteiger partial charge in [-0.15, -0.1) is 0 Å². The Balaban J connectivity index is 2.77. The fraction of sp³-hybridized carbons (Fsp3) is 0.500. The molecule has 0 bridgehead atoms. The van der Waals surface area contributed by atoms with Crippen LogP contribution in [0.5, 0.6) is 0 Å². The first-order valence-electron chi connectivity index (χ1n) is 12.8. The molecule has 0 N–H and O–H groups in total. The molecular formula is C28H42N2O4Si. The van der Waals surface area contributed by atoms with Crippen molar-refractivity contribution in [2.75, 3.05) is 36.0 Å². The molecule has 2 rings (SSSR count). The van der Waals surface area contributed by atoms with Gasteiger partial charge in [0.1, 0.15) is 0 Å². The lowest BCUT2D eigenvalue weighted by Crippen LogP contribution is -2.71. The lowest BCUT2D eigenvalue weighted by Gasteiger charge is -2.31. The fourth-order valence-corrected chi connectivity index (χ4v) is 7.95. The van der Waals surface area contributed by atoms with Crippen LogP contribution < -0.4 is 20.2 Å². The summed E-state index contributed by atoms with van der Waals surface area (Å²) in [5.41, 5.74) is 1.11. The van der Waals surface area contributed by atoms with Crippen molar-refractivity contribution in [3.63, 3.8) is 0 Å². The largest absolute Gasteiger partial charge is 0.466 e. The number of rotatable bonds is 12. The molecule has 0 radical (unpaired) electrons. The third-order valence-corrected chi connectivity index (χ3v) is 10.0. The smallest absolute Gasteiger partial charge is 0.370 e. The minimum Gasteiger partial charge on any atom is -0.466 e. The van der Waals surface area contributed by atoms with E-state index in [0.717, 1.165) is 37.6 Å². The highest BCUT2D eigenvalue weighted by molar-refractivity contribution is 7.37. The van der Waals surface area contributed by atoms with Crippen LogP contribution in [0.15, 0.2) is 48.5 Å². The topological polar surface area (TPSA) is 59.1 Å². The third-order valence-electron chi connectivity index (χ3n) is 6.16. The zero-order chi connectivity index (χ0) is 26.2. The van der Waals surface area contributed by atoms with E-state index in [2.05, 4.69) is 37.5 Å².